The summed E-state index contributed by atoms with van der Waals surface area (Å²) in [4.78, 5) is 9.61. The molecule has 6 heteroatoms. The molecule has 4 rings (SSSR count). The van der Waals surface area contributed by atoms with Gasteiger partial charge in [0.2, 0.25) is 5.95 Å². The minimum atomic E-state index is 0.139. The minimum Gasteiger partial charge on any atom is -0.491 e. The van der Waals surface area contributed by atoms with Gasteiger partial charge in [-0.25, -0.2) is 9.97 Å². The highest BCUT2D eigenvalue weighted by molar-refractivity contribution is 5.82. The van der Waals surface area contributed by atoms with Crippen LogP contribution in [0.5, 0.6) is 5.75 Å². The number of ether oxygens (including phenoxy) is 1. The second-order valence-corrected chi connectivity index (χ2v) is 8.95. The topological polar surface area (TPSA) is 73.1 Å². The number of hydrogen-bond donors (Lipinski definition) is 1. The lowest BCUT2D eigenvalue weighted by Crippen LogP contribution is -2.26. The van der Waals surface area contributed by atoms with E-state index in [-0.39, 0.29) is 6.10 Å². The Hall–Kier alpha value is -2.89. The zero-order valence-electron chi connectivity index (χ0n) is 19.1. The molecular formula is C25H32N4O2. The van der Waals surface area contributed by atoms with Crippen molar-refractivity contribution in [1.82, 2.24) is 15.1 Å². The van der Waals surface area contributed by atoms with Crippen LogP contribution in [-0.4, -0.2) is 27.3 Å². The van der Waals surface area contributed by atoms with Gasteiger partial charge < -0.3 is 14.6 Å². The fraction of sp³-hybridized carbons (Fsp3) is 0.480. The quantitative estimate of drug-likeness (QED) is 0.512. The van der Waals surface area contributed by atoms with Gasteiger partial charge in [-0.2, -0.15) is 0 Å². The van der Waals surface area contributed by atoms with Crippen molar-refractivity contribution in [3.8, 4) is 28.1 Å². The first-order chi connectivity index (χ1) is 14.9. The van der Waals surface area contributed by atoms with Crippen molar-refractivity contribution in [2.24, 2.45) is 5.92 Å². The zero-order valence-corrected chi connectivity index (χ0v) is 19.1. The Kier molecular flexibility index (Phi) is 6.25. The average Bonchev–Trinajstić information content (AvgIpc) is 3.08. The van der Waals surface area contributed by atoms with Crippen LogP contribution in [0.25, 0.3) is 22.4 Å². The molecule has 0 aliphatic heterocycles. The maximum atomic E-state index is 5.79. The van der Waals surface area contributed by atoms with E-state index >= 15 is 0 Å². The van der Waals surface area contributed by atoms with E-state index < -0.39 is 0 Å². The molecule has 1 fully saturated rings. The lowest BCUT2D eigenvalue weighted by atomic mass is 9.87. The predicted octanol–water partition coefficient (Wildman–Crippen LogP) is 6.19. The molecule has 2 aromatic heterocycles. The highest BCUT2D eigenvalue weighted by atomic mass is 16.5. The number of benzene rings is 1. The molecule has 0 radical (unpaired) electrons. The minimum absolute atomic E-state index is 0.139. The SMILES string of the molecule is Cc1noc(C)c1-c1nc(NC2CCC(C)CC2)ncc1-c1ccc(OC(C)C)cc1. The molecule has 0 spiro atoms. The third-order valence-corrected chi connectivity index (χ3v) is 5.95. The summed E-state index contributed by atoms with van der Waals surface area (Å²) in [6.07, 6.45) is 6.85. The van der Waals surface area contributed by atoms with Crippen molar-refractivity contribution < 1.29 is 9.26 Å². The number of nitrogens with one attached hydrogen (secondary N) is 1. The van der Waals surface area contributed by atoms with Gasteiger partial charge in [-0.1, -0.05) is 24.2 Å². The third-order valence-electron chi connectivity index (χ3n) is 5.95. The van der Waals surface area contributed by atoms with Crippen LogP contribution in [0.4, 0.5) is 5.95 Å². The van der Waals surface area contributed by atoms with Crippen molar-refractivity contribution in [2.45, 2.75) is 72.4 Å². The molecule has 0 bridgehead atoms. The molecule has 164 valence electrons. The fourth-order valence-corrected chi connectivity index (χ4v) is 4.25. The maximum Gasteiger partial charge on any atom is 0.223 e. The molecule has 1 aliphatic rings. The van der Waals surface area contributed by atoms with E-state index in [0.717, 1.165) is 58.3 Å². The molecule has 1 aliphatic carbocycles. The molecule has 0 unspecified atom stereocenters. The lowest BCUT2D eigenvalue weighted by molar-refractivity contribution is 0.242. The average molecular weight is 421 g/mol. The van der Waals surface area contributed by atoms with Crippen molar-refractivity contribution in [3.63, 3.8) is 0 Å². The summed E-state index contributed by atoms with van der Waals surface area (Å²) < 4.78 is 11.2. The van der Waals surface area contributed by atoms with Crippen molar-refractivity contribution in [1.29, 1.82) is 0 Å². The van der Waals surface area contributed by atoms with E-state index in [9.17, 15) is 0 Å². The number of hydrogen-bond acceptors (Lipinski definition) is 6. The smallest absolute Gasteiger partial charge is 0.223 e. The van der Waals surface area contributed by atoms with Crippen LogP contribution < -0.4 is 10.1 Å². The normalized spacial score (nSPS) is 18.9. The molecule has 1 aromatic carbocycles. The molecule has 0 amide bonds. The molecule has 3 aromatic rings. The Morgan fingerprint density at radius 1 is 1.06 bits per heavy atom. The summed E-state index contributed by atoms with van der Waals surface area (Å²) in [7, 11) is 0. The largest absolute Gasteiger partial charge is 0.491 e. The van der Waals surface area contributed by atoms with Crippen molar-refractivity contribution >= 4 is 5.95 Å². The summed E-state index contributed by atoms with van der Waals surface area (Å²) in [5.41, 5.74) is 4.59. The van der Waals surface area contributed by atoms with Crippen molar-refractivity contribution in [2.75, 3.05) is 5.32 Å². The van der Waals surface area contributed by atoms with Gasteiger partial charge in [-0.15, -0.1) is 0 Å². The molecule has 1 N–H and O–H groups in total. The van der Waals surface area contributed by atoms with E-state index in [1.807, 2.05) is 58.2 Å². The summed E-state index contributed by atoms with van der Waals surface area (Å²) in [5, 5.41) is 7.71. The van der Waals surface area contributed by atoms with E-state index in [4.69, 9.17) is 14.2 Å². The third kappa shape index (κ3) is 4.89. The highest BCUT2D eigenvalue weighted by Crippen LogP contribution is 2.35. The number of rotatable bonds is 6. The van der Waals surface area contributed by atoms with Gasteiger partial charge in [0, 0.05) is 17.8 Å². The van der Waals surface area contributed by atoms with Crippen molar-refractivity contribution in [3.05, 3.63) is 41.9 Å². The molecule has 0 saturated heterocycles. The maximum absolute atomic E-state index is 5.79. The summed E-state index contributed by atoms with van der Waals surface area (Å²) >= 11 is 0. The number of nitrogens with zero attached hydrogens (tertiary/aromatic N) is 3. The van der Waals surface area contributed by atoms with Gasteiger partial charge in [0.1, 0.15) is 11.5 Å². The number of aryl methyl sites for hydroxylation is 2. The Morgan fingerprint density at radius 3 is 2.39 bits per heavy atom. The van der Waals surface area contributed by atoms with E-state index in [1.165, 1.54) is 12.8 Å². The van der Waals surface area contributed by atoms with Crippen LogP contribution in [0.3, 0.4) is 0 Å². The van der Waals surface area contributed by atoms with Gasteiger partial charge in [0.15, 0.2) is 0 Å². The molecule has 31 heavy (non-hydrogen) atoms. The highest BCUT2D eigenvalue weighted by Gasteiger charge is 2.22. The van der Waals surface area contributed by atoms with Crippen LogP contribution in [0.2, 0.25) is 0 Å². The van der Waals surface area contributed by atoms with Crippen LogP contribution in [0, 0.1) is 19.8 Å². The van der Waals surface area contributed by atoms with Gasteiger partial charge >= 0.3 is 0 Å². The van der Waals surface area contributed by atoms with Crippen LogP contribution in [0.15, 0.2) is 35.0 Å². The van der Waals surface area contributed by atoms with Gasteiger partial charge in [0.25, 0.3) is 0 Å². The van der Waals surface area contributed by atoms with E-state index in [2.05, 4.69) is 22.4 Å². The van der Waals surface area contributed by atoms with E-state index in [1.54, 1.807) is 0 Å². The summed E-state index contributed by atoms with van der Waals surface area (Å²) in [6.45, 7) is 10.3. The zero-order chi connectivity index (χ0) is 22.0. The van der Waals surface area contributed by atoms with Crippen LogP contribution >= 0.6 is 0 Å². The first-order valence-electron chi connectivity index (χ1n) is 11.2. The fourth-order valence-electron chi connectivity index (χ4n) is 4.25. The molecular weight excluding hydrogens is 388 g/mol. The van der Waals surface area contributed by atoms with Crippen LogP contribution in [-0.2, 0) is 0 Å². The monoisotopic (exact) mass is 420 g/mol. The van der Waals surface area contributed by atoms with Gasteiger partial charge in [0.05, 0.1) is 23.1 Å². The summed E-state index contributed by atoms with van der Waals surface area (Å²) in [5.74, 6) is 3.08. The predicted molar refractivity (Wildman–Crippen MR) is 123 cm³/mol. The van der Waals surface area contributed by atoms with Gasteiger partial charge in [-0.05, 0) is 77.0 Å². The Bertz CT molecular complexity index is 999. The second-order valence-electron chi connectivity index (χ2n) is 8.95. The molecule has 1 saturated carbocycles. The molecule has 2 heterocycles. The van der Waals surface area contributed by atoms with E-state index in [0.29, 0.717) is 12.0 Å². The summed E-state index contributed by atoms with van der Waals surface area (Å²) in [6, 6.07) is 8.50. The first kappa shape index (κ1) is 21.3. The van der Waals surface area contributed by atoms with Gasteiger partial charge in [-0.3, -0.25) is 0 Å². The Balaban J connectivity index is 1.69. The number of anilines is 1. The molecule has 6 nitrogen and oxygen atoms in total. The Labute approximate surface area is 184 Å². The number of aromatic nitrogens is 3. The second kappa shape index (κ2) is 9.08. The Morgan fingerprint density at radius 2 is 1.77 bits per heavy atom. The van der Waals surface area contributed by atoms with Crippen LogP contribution in [0.1, 0.15) is 57.9 Å². The standard InChI is InChI=1S/C25H32N4O2/c1-15(2)30-21-12-8-19(9-13-21)22-14-26-25(27-20-10-6-16(3)7-11-20)28-24(22)23-17(4)29-31-18(23)5/h8-9,12-16,20H,6-7,10-11H2,1-5H3,(H,26,27,28). The molecule has 0 atom stereocenters. The lowest BCUT2D eigenvalue weighted by Gasteiger charge is -2.27. The first-order valence-corrected chi connectivity index (χ1v) is 11.2.